The minimum absolute atomic E-state index is 0.0186. The molecule has 0 heterocycles. The molecule has 0 fully saturated rings. The van der Waals surface area contributed by atoms with E-state index in [0.717, 1.165) is 0 Å². The predicted octanol–water partition coefficient (Wildman–Crippen LogP) is 0.226. The van der Waals surface area contributed by atoms with Crippen molar-refractivity contribution >= 4 is 12.0 Å². The van der Waals surface area contributed by atoms with Gasteiger partial charge in [0.1, 0.15) is 6.54 Å². The highest BCUT2D eigenvalue weighted by molar-refractivity contribution is 5.82. The molecule has 0 spiro atoms. The lowest BCUT2D eigenvalue weighted by Gasteiger charge is -2.18. The number of ether oxygens (including phenoxy) is 2. The third-order valence-electron chi connectivity index (χ3n) is 1.66. The lowest BCUT2D eigenvalue weighted by Crippen LogP contribution is -2.40. The van der Waals surface area contributed by atoms with Gasteiger partial charge in [-0.25, -0.2) is 4.79 Å². The minimum Gasteiger partial charge on any atom is -0.447 e. The van der Waals surface area contributed by atoms with Crippen molar-refractivity contribution in [3.8, 4) is 0 Å². The Kier molecular flexibility index (Phi) is 7.28. The second-order valence-electron chi connectivity index (χ2n) is 3.63. The summed E-state index contributed by atoms with van der Waals surface area (Å²) in [5.74, 6) is -0.236. The van der Waals surface area contributed by atoms with Gasteiger partial charge >= 0.3 is 6.09 Å². The molecular weight excluding hydrogens is 212 g/mol. The molecule has 2 amide bonds. The second-order valence-corrected chi connectivity index (χ2v) is 3.63. The van der Waals surface area contributed by atoms with E-state index >= 15 is 0 Å². The van der Waals surface area contributed by atoms with Gasteiger partial charge in [-0.3, -0.25) is 4.79 Å². The minimum atomic E-state index is -0.503. The van der Waals surface area contributed by atoms with E-state index in [4.69, 9.17) is 9.47 Å². The molecule has 0 aromatic heterocycles. The zero-order valence-corrected chi connectivity index (χ0v) is 10.3. The first-order chi connectivity index (χ1) is 7.47. The molecule has 16 heavy (non-hydrogen) atoms. The van der Waals surface area contributed by atoms with Gasteiger partial charge in [0, 0.05) is 20.7 Å². The third kappa shape index (κ3) is 7.05. The summed E-state index contributed by atoms with van der Waals surface area (Å²) in [6.45, 7) is 4.37. The number of methoxy groups -OCH3 is 1. The van der Waals surface area contributed by atoms with Crippen LogP contribution in [0.25, 0.3) is 0 Å². The molecule has 0 aliphatic heterocycles. The Bertz CT molecular complexity index is 231. The van der Waals surface area contributed by atoms with Crippen molar-refractivity contribution in [2.75, 3.05) is 33.9 Å². The lowest BCUT2D eigenvalue weighted by atomic mass is 10.5. The highest BCUT2D eigenvalue weighted by atomic mass is 16.6. The number of nitrogens with zero attached hydrogens (tertiary/aromatic N) is 1. The van der Waals surface area contributed by atoms with Crippen molar-refractivity contribution in [1.29, 1.82) is 0 Å². The average Bonchev–Trinajstić information content (AvgIpc) is 2.16. The van der Waals surface area contributed by atoms with Gasteiger partial charge in [0.05, 0.1) is 12.7 Å². The monoisotopic (exact) mass is 232 g/mol. The molecule has 0 saturated heterocycles. The van der Waals surface area contributed by atoms with Gasteiger partial charge < -0.3 is 19.7 Å². The van der Waals surface area contributed by atoms with Gasteiger partial charge in [-0.2, -0.15) is 0 Å². The van der Waals surface area contributed by atoms with Crippen LogP contribution < -0.4 is 5.32 Å². The summed E-state index contributed by atoms with van der Waals surface area (Å²) in [7, 11) is 3.07. The van der Waals surface area contributed by atoms with E-state index in [2.05, 4.69) is 5.32 Å². The van der Waals surface area contributed by atoms with Crippen LogP contribution in [0.1, 0.15) is 13.8 Å². The van der Waals surface area contributed by atoms with Crippen LogP contribution in [0.4, 0.5) is 4.79 Å². The van der Waals surface area contributed by atoms with E-state index in [-0.39, 0.29) is 18.6 Å². The van der Waals surface area contributed by atoms with Crippen LogP contribution in [0, 0.1) is 0 Å². The van der Waals surface area contributed by atoms with E-state index < -0.39 is 6.09 Å². The zero-order chi connectivity index (χ0) is 12.6. The smallest absolute Gasteiger partial charge is 0.410 e. The number of hydrogen-bond donors (Lipinski definition) is 1. The van der Waals surface area contributed by atoms with Gasteiger partial charge in [0.15, 0.2) is 0 Å². The number of carbonyl (C=O) groups excluding carboxylic acids is 2. The molecule has 0 saturated carbocycles. The topological polar surface area (TPSA) is 67.9 Å². The first kappa shape index (κ1) is 14.7. The average molecular weight is 232 g/mol. The third-order valence-corrected chi connectivity index (χ3v) is 1.66. The number of amides is 2. The summed E-state index contributed by atoms with van der Waals surface area (Å²) in [6, 6.07) is 0. The Morgan fingerprint density at radius 2 is 2.00 bits per heavy atom. The molecule has 0 unspecified atom stereocenters. The maximum atomic E-state index is 11.3. The van der Waals surface area contributed by atoms with Crippen molar-refractivity contribution in [2.24, 2.45) is 0 Å². The molecule has 0 aromatic carbocycles. The Labute approximate surface area is 95.9 Å². The van der Waals surface area contributed by atoms with Crippen molar-refractivity contribution in [1.82, 2.24) is 10.2 Å². The van der Waals surface area contributed by atoms with Gasteiger partial charge in [0.2, 0.25) is 5.91 Å². The van der Waals surface area contributed by atoms with Crippen molar-refractivity contribution < 1.29 is 19.1 Å². The molecule has 0 radical (unpaired) electrons. The van der Waals surface area contributed by atoms with Crippen LogP contribution in [0.5, 0.6) is 0 Å². The molecule has 0 aromatic rings. The largest absolute Gasteiger partial charge is 0.447 e. The zero-order valence-electron chi connectivity index (χ0n) is 10.3. The summed E-state index contributed by atoms with van der Waals surface area (Å²) in [4.78, 5) is 23.8. The van der Waals surface area contributed by atoms with E-state index in [1.54, 1.807) is 21.0 Å². The van der Waals surface area contributed by atoms with Gasteiger partial charge in [-0.15, -0.1) is 0 Å². The maximum Gasteiger partial charge on any atom is 0.410 e. The number of carbonyl (C=O) groups is 2. The highest BCUT2D eigenvalue weighted by Gasteiger charge is 2.14. The van der Waals surface area contributed by atoms with Crippen molar-refractivity contribution in [2.45, 2.75) is 20.0 Å². The Hall–Kier alpha value is -1.30. The van der Waals surface area contributed by atoms with Crippen molar-refractivity contribution in [3.05, 3.63) is 0 Å². The Balaban J connectivity index is 3.80. The fourth-order valence-corrected chi connectivity index (χ4v) is 0.920. The molecule has 0 bridgehead atoms. The molecule has 94 valence electrons. The summed E-state index contributed by atoms with van der Waals surface area (Å²) in [6.07, 6.45) is -0.691. The van der Waals surface area contributed by atoms with Crippen LogP contribution in [-0.4, -0.2) is 56.9 Å². The summed E-state index contributed by atoms with van der Waals surface area (Å²) < 4.78 is 9.70. The number of nitrogens with one attached hydrogen (secondary N) is 1. The normalized spacial score (nSPS) is 10.1. The van der Waals surface area contributed by atoms with Crippen molar-refractivity contribution in [3.63, 3.8) is 0 Å². The highest BCUT2D eigenvalue weighted by Crippen LogP contribution is 1.95. The first-order valence-electron chi connectivity index (χ1n) is 5.14. The fourth-order valence-electron chi connectivity index (χ4n) is 0.920. The van der Waals surface area contributed by atoms with E-state index in [9.17, 15) is 9.59 Å². The van der Waals surface area contributed by atoms with Crippen LogP contribution in [0.15, 0.2) is 0 Å². The van der Waals surface area contributed by atoms with Gasteiger partial charge in [-0.05, 0) is 13.8 Å². The number of rotatable bonds is 6. The molecule has 0 rings (SSSR count). The van der Waals surface area contributed by atoms with Gasteiger partial charge in [-0.1, -0.05) is 0 Å². The maximum absolute atomic E-state index is 11.3. The van der Waals surface area contributed by atoms with Gasteiger partial charge in [0.25, 0.3) is 0 Å². The molecule has 1 N–H and O–H groups in total. The summed E-state index contributed by atoms with van der Waals surface area (Å²) >= 11 is 0. The molecule has 0 aliphatic rings. The standard InChI is InChI=1S/C10H20N2O4/c1-8(2)16-10(14)12(3)7-9(13)11-5-6-15-4/h8H,5-7H2,1-4H3,(H,11,13). The van der Waals surface area contributed by atoms with Crippen LogP contribution in [0.3, 0.4) is 0 Å². The molecular formula is C10H20N2O4. The predicted molar refractivity (Wildman–Crippen MR) is 59.1 cm³/mol. The second kappa shape index (κ2) is 7.92. The molecule has 6 nitrogen and oxygen atoms in total. The quantitative estimate of drug-likeness (QED) is 0.665. The number of hydrogen-bond acceptors (Lipinski definition) is 4. The Morgan fingerprint density at radius 1 is 1.38 bits per heavy atom. The fraction of sp³-hybridized carbons (Fsp3) is 0.800. The van der Waals surface area contributed by atoms with Crippen LogP contribution >= 0.6 is 0 Å². The van der Waals surface area contributed by atoms with E-state index in [1.807, 2.05) is 0 Å². The van der Waals surface area contributed by atoms with E-state index in [0.29, 0.717) is 13.2 Å². The molecule has 0 aliphatic carbocycles. The number of likely N-dealkylation sites (N-methyl/N-ethyl adjacent to an activating group) is 1. The summed E-state index contributed by atoms with van der Waals surface area (Å²) in [5, 5.41) is 2.61. The Morgan fingerprint density at radius 3 is 2.50 bits per heavy atom. The SMILES string of the molecule is COCCNC(=O)CN(C)C(=O)OC(C)C. The summed E-state index contributed by atoms with van der Waals surface area (Å²) in [5.41, 5.74) is 0. The molecule has 0 atom stereocenters. The van der Waals surface area contributed by atoms with Crippen LogP contribution in [0.2, 0.25) is 0 Å². The van der Waals surface area contributed by atoms with E-state index in [1.165, 1.54) is 11.9 Å². The molecule has 6 heteroatoms. The lowest BCUT2D eigenvalue weighted by molar-refractivity contribution is -0.122. The van der Waals surface area contributed by atoms with Crippen LogP contribution in [-0.2, 0) is 14.3 Å². The first-order valence-corrected chi connectivity index (χ1v) is 5.14.